The largest absolute Gasteiger partial charge is 0.433 e. The van der Waals surface area contributed by atoms with Gasteiger partial charge in [-0.1, -0.05) is 6.07 Å². The maximum Gasteiger partial charge on any atom is 0.433 e. The molecule has 0 unspecified atom stereocenters. The van der Waals surface area contributed by atoms with Crippen molar-refractivity contribution in [3.05, 3.63) is 71.1 Å². The van der Waals surface area contributed by atoms with Crippen molar-refractivity contribution >= 4 is 28.9 Å². The third kappa shape index (κ3) is 5.22. The molecule has 34 heavy (non-hydrogen) atoms. The molecular weight excluding hydrogens is 467 g/mol. The second-order valence-electron chi connectivity index (χ2n) is 7.62. The van der Waals surface area contributed by atoms with E-state index >= 15 is 0 Å². The maximum absolute atomic E-state index is 12.9. The summed E-state index contributed by atoms with van der Waals surface area (Å²) in [5.41, 5.74) is 1.11. The minimum Gasteiger partial charge on any atom is -0.337 e. The van der Waals surface area contributed by atoms with Crippen molar-refractivity contribution in [1.82, 2.24) is 29.4 Å². The smallest absolute Gasteiger partial charge is 0.337 e. The molecule has 0 aliphatic carbocycles. The van der Waals surface area contributed by atoms with E-state index in [4.69, 9.17) is 0 Å². The zero-order chi connectivity index (χ0) is 24.5. The predicted octanol–water partition coefficient (Wildman–Crippen LogP) is 4.68. The van der Waals surface area contributed by atoms with Crippen molar-refractivity contribution in [2.45, 2.75) is 19.6 Å². The Morgan fingerprint density at radius 1 is 1.18 bits per heavy atom. The number of anilines is 2. The van der Waals surface area contributed by atoms with E-state index < -0.39 is 11.9 Å². The third-order valence-corrected chi connectivity index (χ3v) is 5.93. The Hall–Kier alpha value is -3.80. The summed E-state index contributed by atoms with van der Waals surface area (Å²) in [4.78, 5) is 31.0. The molecule has 0 fully saturated rings. The van der Waals surface area contributed by atoms with Crippen molar-refractivity contribution < 1.29 is 18.0 Å². The number of hydrogen-bond donors (Lipinski definition) is 1. The minimum absolute atomic E-state index is 0.164. The summed E-state index contributed by atoms with van der Waals surface area (Å²) in [5.74, 6) is 0.351. The van der Waals surface area contributed by atoms with Crippen LogP contribution in [-0.2, 0) is 19.8 Å². The molecule has 0 saturated heterocycles. The van der Waals surface area contributed by atoms with Crippen LogP contribution in [0.1, 0.15) is 26.9 Å². The second kappa shape index (κ2) is 9.21. The highest BCUT2D eigenvalue weighted by Gasteiger charge is 2.32. The van der Waals surface area contributed by atoms with Gasteiger partial charge in [-0.3, -0.25) is 4.79 Å². The first kappa shape index (κ1) is 23.4. The van der Waals surface area contributed by atoms with Crippen molar-refractivity contribution in [3.8, 4) is 10.4 Å². The second-order valence-corrected chi connectivity index (χ2v) is 8.65. The monoisotopic (exact) mass is 487 g/mol. The number of carbonyl (C=O) groups excluding carboxylic acids is 1. The van der Waals surface area contributed by atoms with Crippen LogP contribution in [0.15, 0.2) is 49.1 Å². The highest BCUT2D eigenvalue weighted by atomic mass is 32.1. The molecule has 4 rings (SSSR count). The van der Waals surface area contributed by atoms with Crippen molar-refractivity contribution in [2.24, 2.45) is 7.05 Å². The lowest BCUT2D eigenvalue weighted by Gasteiger charge is -2.15. The number of carbonyl (C=O) groups is 1. The van der Waals surface area contributed by atoms with Gasteiger partial charge in [0, 0.05) is 44.6 Å². The van der Waals surface area contributed by atoms with Crippen LogP contribution >= 0.6 is 11.3 Å². The van der Waals surface area contributed by atoms with Gasteiger partial charge in [0.05, 0.1) is 11.4 Å². The van der Waals surface area contributed by atoms with Crippen molar-refractivity contribution in [1.29, 1.82) is 0 Å². The Balaban J connectivity index is 1.53. The summed E-state index contributed by atoms with van der Waals surface area (Å²) < 4.78 is 40.7. The number of amides is 1. The number of aromatic nitrogens is 5. The number of aryl methyl sites for hydroxylation is 2. The number of halogens is 3. The lowest BCUT2D eigenvalue weighted by molar-refractivity contribution is -0.141. The van der Waals surface area contributed by atoms with Crippen LogP contribution in [0.4, 0.5) is 24.8 Å². The topological polar surface area (TPSA) is 88.8 Å². The summed E-state index contributed by atoms with van der Waals surface area (Å²) in [6.07, 6.45) is 1.57. The van der Waals surface area contributed by atoms with Crippen molar-refractivity contribution in [2.75, 3.05) is 12.4 Å². The molecule has 0 radical (unpaired) electrons. The van der Waals surface area contributed by atoms with E-state index in [0.29, 0.717) is 17.2 Å². The van der Waals surface area contributed by atoms with Crippen LogP contribution in [0, 0.1) is 6.92 Å². The molecule has 4 aromatic rings. The molecule has 3 aromatic heterocycles. The number of benzene rings is 1. The van der Waals surface area contributed by atoms with E-state index in [0.717, 1.165) is 34.1 Å². The lowest BCUT2D eigenvalue weighted by Crippen LogP contribution is -2.27. The van der Waals surface area contributed by atoms with Crippen LogP contribution in [0.25, 0.3) is 10.4 Å². The fraction of sp³-hybridized carbons (Fsp3) is 0.227. The summed E-state index contributed by atoms with van der Waals surface area (Å²) in [6, 6.07) is 6.22. The zero-order valence-corrected chi connectivity index (χ0v) is 19.3. The number of hydrogen-bond acceptors (Lipinski definition) is 7. The Labute approximate surface area is 197 Å². The van der Waals surface area contributed by atoms with Crippen LogP contribution in [0.3, 0.4) is 0 Å². The van der Waals surface area contributed by atoms with Gasteiger partial charge in [-0.2, -0.15) is 13.2 Å². The van der Waals surface area contributed by atoms with E-state index in [9.17, 15) is 18.0 Å². The van der Waals surface area contributed by atoms with Gasteiger partial charge < -0.3 is 14.8 Å². The van der Waals surface area contributed by atoms with Gasteiger partial charge in [0.1, 0.15) is 11.5 Å². The van der Waals surface area contributed by atoms with E-state index in [1.165, 1.54) is 11.3 Å². The Morgan fingerprint density at radius 2 is 1.97 bits per heavy atom. The first-order valence-corrected chi connectivity index (χ1v) is 10.9. The average molecular weight is 488 g/mol. The van der Waals surface area contributed by atoms with Gasteiger partial charge in [-0.25, -0.2) is 19.9 Å². The fourth-order valence-electron chi connectivity index (χ4n) is 3.21. The molecule has 0 bridgehead atoms. The van der Waals surface area contributed by atoms with Crippen LogP contribution in [-0.4, -0.2) is 42.4 Å². The van der Waals surface area contributed by atoms with Gasteiger partial charge in [0.2, 0.25) is 5.95 Å². The molecule has 0 aliphatic rings. The van der Waals surface area contributed by atoms with Crippen LogP contribution in [0.5, 0.6) is 0 Å². The molecule has 0 aliphatic heterocycles. The molecule has 8 nitrogen and oxygen atoms in total. The number of imidazole rings is 1. The average Bonchev–Trinajstić information content (AvgIpc) is 3.42. The SMILES string of the molecule is Cc1cc(Nc2nccc(C(F)(F)F)n2)cc(-c2cnc(C(=O)N(C)Cc3nccn3C)s2)c1. The van der Waals surface area contributed by atoms with Crippen molar-refractivity contribution in [3.63, 3.8) is 0 Å². The molecule has 1 amide bonds. The Morgan fingerprint density at radius 3 is 2.68 bits per heavy atom. The van der Waals surface area contributed by atoms with E-state index in [1.807, 2.05) is 30.8 Å². The number of rotatable bonds is 6. The summed E-state index contributed by atoms with van der Waals surface area (Å²) in [7, 11) is 3.54. The first-order valence-electron chi connectivity index (χ1n) is 10.1. The van der Waals surface area contributed by atoms with Crippen LogP contribution in [0.2, 0.25) is 0 Å². The van der Waals surface area contributed by atoms with Gasteiger partial charge in [0.15, 0.2) is 5.01 Å². The van der Waals surface area contributed by atoms with E-state index in [-0.39, 0.29) is 11.9 Å². The molecular formula is C22H20F3N7OS. The Kier molecular flexibility index (Phi) is 6.33. The lowest BCUT2D eigenvalue weighted by atomic mass is 10.1. The summed E-state index contributed by atoms with van der Waals surface area (Å²) >= 11 is 1.23. The molecule has 12 heteroatoms. The molecule has 3 heterocycles. The molecule has 1 N–H and O–H groups in total. The number of thiazole rings is 1. The molecule has 0 atom stereocenters. The maximum atomic E-state index is 12.9. The molecule has 0 spiro atoms. The summed E-state index contributed by atoms with van der Waals surface area (Å²) in [6.45, 7) is 2.20. The van der Waals surface area contributed by atoms with Gasteiger partial charge in [0.25, 0.3) is 5.91 Å². The fourth-order valence-corrected chi connectivity index (χ4v) is 4.10. The predicted molar refractivity (Wildman–Crippen MR) is 122 cm³/mol. The van der Waals surface area contributed by atoms with E-state index in [1.54, 1.807) is 36.5 Å². The van der Waals surface area contributed by atoms with Crippen LogP contribution < -0.4 is 5.32 Å². The normalized spacial score (nSPS) is 11.5. The zero-order valence-electron chi connectivity index (χ0n) is 18.5. The Bertz CT molecular complexity index is 1330. The minimum atomic E-state index is -4.56. The molecule has 176 valence electrons. The standard InChI is InChI=1S/C22H20F3N7OS/c1-13-8-14(10-15(9-13)29-21-27-5-4-17(30-21)22(23,24)25)16-11-28-19(34-16)20(33)32(3)12-18-26-6-7-31(18)2/h4-11H,12H2,1-3H3,(H,27,29,30). The van der Waals surface area contributed by atoms with E-state index in [2.05, 4.69) is 25.3 Å². The highest BCUT2D eigenvalue weighted by Crippen LogP contribution is 2.32. The summed E-state index contributed by atoms with van der Waals surface area (Å²) in [5, 5.41) is 3.15. The quantitative estimate of drug-likeness (QED) is 0.425. The first-order chi connectivity index (χ1) is 16.1. The number of nitrogens with zero attached hydrogens (tertiary/aromatic N) is 6. The number of nitrogens with one attached hydrogen (secondary N) is 1. The molecule has 1 aromatic carbocycles. The number of alkyl halides is 3. The molecule has 0 saturated carbocycles. The highest BCUT2D eigenvalue weighted by molar-refractivity contribution is 7.16. The van der Waals surface area contributed by atoms with Gasteiger partial charge in [-0.05, 0) is 36.2 Å². The third-order valence-electron chi connectivity index (χ3n) is 4.90. The van der Waals surface area contributed by atoms with Gasteiger partial charge in [-0.15, -0.1) is 11.3 Å². The van der Waals surface area contributed by atoms with Gasteiger partial charge >= 0.3 is 6.18 Å².